The standard InChI is InChI=1S/C18H24N4O5S/c1-28(25,26)11-10-27-15-7-5-6-14(12-15)19-17(23)13-22-18(24)21-9-4-2-3-8-16(21)20-22/h5-7,12H,2-4,8-11,13H2,1H3,(H,19,23). The van der Waals surface area contributed by atoms with Crippen molar-refractivity contribution in [3.8, 4) is 5.75 Å². The lowest BCUT2D eigenvalue weighted by Crippen LogP contribution is -2.30. The maximum atomic E-state index is 12.4. The molecular formula is C18H24N4O5S. The summed E-state index contributed by atoms with van der Waals surface area (Å²) in [4.78, 5) is 24.8. The third kappa shape index (κ3) is 5.44. The lowest BCUT2D eigenvalue weighted by Gasteiger charge is -2.09. The van der Waals surface area contributed by atoms with Gasteiger partial charge in [-0.3, -0.25) is 9.36 Å². The molecule has 0 saturated carbocycles. The molecule has 0 spiro atoms. The number of hydrogen-bond donors (Lipinski definition) is 1. The summed E-state index contributed by atoms with van der Waals surface area (Å²) >= 11 is 0. The van der Waals surface area contributed by atoms with E-state index in [1.165, 1.54) is 4.68 Å². The highest BCUT2D eigenvalue weighted by atomic mass is 32.2. The molecule has 1 aliphatic heterocycles. The van der Waals surface area contributed by atoms with Crippen molar-refractivity contribution in [3.63, 3.8) is 0 Å². The molecule has 0 fully saturated rings. The molecule has 9 nitrogen and oxygen atoms in total. The Morgan fingerprint density at radius 2 is 2.11 bits per heavy atom. The van der Waals surface area contributed by atoms with E-state index in [9.17, 15) is 18.0 Å². The van der Waals surface area contributed by atoms with E-state index in [0.29, 0.717) is 18.0 Å². The molecule has 1 N–H and O–H groups in total. The second kappa shape index (κ2) is 8.59. The first kappa shape index (κ1) is 20.1. The molecule has 0 bridgehead atoms. The molecule has 2 aromatic rings. The highest BCUT2D eigenvalue weighted by Gasteiger charge is 2.17. The Morgan fingerprint density at radius 1 is 1.29 bits per heavy atom. The summed E-state index contributed by atoms with van der Waals surface area (Å²) in [5.74, 6) is 0.727. The fourth-order valence-electron chi connectivity index (χ4n) is 3.04. The van der Waals surface area contributed by atoms with Crippen LogP contribution in [0.25, 0.3) is 0 Å². The van der Waals surface area contributed by atoms with Crippen LogP contribution in [0, 0.1) is 0 Å². The van der Waals surface area contributed by atoms with Gasteiger partial charge in [-0.1, -0.05) is 12.5 Å². The first-order valence-corrected chi connectivity index (χ1v) is 11.2. The van der Waals surface area contributed by atoms with Crippen LogP contribution in [0.4, 0.5) is 5.69 Å². The van der Waals surface area contributed by atoms with Crippen molar-refractivity contribution in [1.82, 2.24) is 14.3 Å². The van der Waals surface area contributed by atoms with E-state index in [-0.39, 0.29) is 30.5 Å². The predicted octanol–water partition coefficient (Wildman–Crippen LogP) is 0.833. The SMILES string of the molecule is CS(=O)(=O)CCOc1cccc(NC(=O)Cn2nc3n(c2=O)CCCCC3)c1. The van der Waals surface area contributed by atoms with E-state index in [1.54, 1.807) is 28.8 Å². The van der Waals surface area contributed by atoms with Gasteiger partial charge in [0.15, 0.2) is 9.84 Å². The summed E-state index contributed by atoms with van der Waals surface area (Å²) < 4.78 is 30.6. The van der Waals surface area contributed by atoms with Gasteiger partial charge in [0.1, 0.15) is 24.7 Å². The number of sulfone groups is 1. The third-order valence-corrected chi connectivity index (χ3v) is 5.32. The molecule has 1 aromatic heterocycles. The Hall–Kier alpha value is -2.62. The van der Waals surface area contributed by atoms with Crippen LogP contribution in [-0.4, -0.2) is 47.3 Å². The Morgan fingerprint density at radius 3 is 2.89 bits per heavy atom. The minimum atomic E-state index is -3.10. The molecule has 3 rings (SSSR count). The zero-order valence-electron chi connectivity index (χ0n) is 15.8. The number of benzene rings is 1. The van der Waals surface area contributed by atoms with E-state index < -0.39 is 9.84 Å². The molecular weight excluding hydrogens is 384 g/mol. The monoisotopic (exact) mass is 408 g/mol. The lowest BCUT2D eigenvalue weighted by atomic mass is 10.2. The zero-order valence-corrected chi connectivity index (χ0v) is 16.6. The maximum absolute atomic E-state index is 12.4. The Balaban J connectivity index is 1.61. The van der Waals surface area contributed by atoms with E-state index in [2.05, 4.69) is 10.4 Å². The summed E-state index contributed by atoms with van der Waals surface area (Å²) in [5, 5.41) is 7.01. The summed E-state index contributed by atoms with van der Waals surface area (Å²) in [6.07, 6.45) is 4.90. The number of ether oxygens (including phenoxy) is 1. The van der Waals surface area contributed by atoms with E-state index in [1.807, 2.05) is 0 Å². The molecule has 0 atom stereocenters. The minimum absolute atomic E-state index is 0.0336. The topological polar surface area (TPSA) is 112 Å². The average molecular weight is 408 g/mol. The van der Waals surface area contributed by atoms with Crippen LogP contribution in [0.3, 0.4) is 0 Å². The fraction of sp³-hybridized carbons (Fsp3) is 0.500. The average Bonchev–Trinajstić information content (AvgIpc) is 2.78. The summed E-state index contributed by atoms with van der Waals surface area (Å²) in [5.41, 5.74) is 0.237. The lowest BCUT2D eigenvalue weighted by molar-refractivity contribution is -0.117. The molecule has 1 aromatic carbocycles. The number of nitrogens with one attached hydrogen (secondary N) is 1. The maximum Gasteiger partial charge on any atom is 0.346 e. The van der Waals surface area contributed by atoms with Gasteiger partial charge in [-0.2, -0.15) is 5.10 Å². The number of rotatable bonds is 7. The van der Waals surface area contributed by atoms with Crippen molar-refractivity contribution in [2.45, 2.75) is 38.8 Å². The number of aryl methyl sites for hydroxylation is 1. The van der Waals surface area contributed by atoms with Gasteiger partial charge in [0, 0.05) is 31.0 Å². The molecule has 2 heterocycles. The number of carbonyl (C=O) groups is 1. The minimum Gasteiger partial charge on any atom is -0.492 e. The zero-order chi connectivity index (χ0) is 20.1. The third-order valence-electron chi connectivity index (χ3n) is 4.42. The normalized spacial score (nSPS) is 14.2. The fourth-order valence-corrected chi connectivity index (χ4v) is 3.43. The number of anilines is 1. The molecule has 1 aliphatic rings. The van der Waals surface area contributed by atoms with Crippen LogP contribution in [0.15, 0.2) is 29.1 Å². The van der Waals surface area contributed by atoms with Crippen LogP contribution in [0.1, 0.15) is 25.1 Å². The first-order valence-electron chi connectivity index (χ1n) is 9.19. The van der Waals surface area contributed by atoms with E-state index in [4.69, 9.17) is 4.74 Å². The molecule has 152 valence electrons. The van der Waals surface area contributed by atoms with E-state index >= 15 is 0 Å². The highest BCUT2D eigenvalue weighted by molar-refractivity contribution is 7.90. The number of aromatic nitrogens is 3. The number of amides is 1. The van der Waals surface area contributed by atoms with Gasteiger partial charge in [-0.05, 0) is 25.0 Å². The Bertz CT molecular complexity index is 1010. The Kier molecular flexibility index (Phi) is 6.18. The second-order valence-corrected chi connectivity index (χ2v) is 9.13. The molecule has 0 saturated heterocycles. The molecule has 28 heavy (non-hydrogen) atoms. The molecule has 1 amide bonds. The quantitative estimate of drug-likeness (QED) is 0.726. The van der Waals surface area contributed by atoms with Crippen molar-refractivity contribution in [3.05, 3.63) is 40.6 Å². The van der Waals surface area contributed by atoms with Gasteiger partial charge in [0.2, 0.25) is 5.91 Å². The predicted molar refractivity (Wildman–Crippen MR) is 104 cm³/mol. The second-order valence-electron chi connectivity index (χ2n) is 6.87. The van der Waals surface area contributed by atoms with Crippen LogP contribution >= 0.6 is 0 Å². The van der Waals surface area contributed by atoms with Gasteiger partial charge < -0.3 is 10.1 Å². The van der Waals surface area contributed by atoms with Gasteiger partial charge in [-0.15, -0.1) is 0 Å². The summed E-state index contributed by atoms with van der Waals surface area (Å²) in [7, 11) is -3.10. The summed E-state index contributed by atoms with van der Waals surface area (Å²) in [6.45, 7) is 0.506. The molecule has 10 heteroatoms. The van der Waals surface area contributed by atoms with E-state index in [0.717, 1.165) is 37.8 Å². The van der Waals surface area contributed by atoms with Gasteiger partial charge in [-0.25, -0.2) is 17.9 Å². The van der Waals surface area contributed by atoms with Crippen LogP contribution < -0.4 is 15.7 Å². The molecule has 0 radical (unpaired) electrons. The van der Waals surface area contributed by atoms with Crippen LogP contribution in [-0.2, 0) is 34.1 Å². The number of hydrogen-bond acceptors (Lipinski definition) is 6. The largest absolute Gasteiger partial charge is 0.492 e. The number of nitrogens with zero attached hydrogens (tertiary/aromatic N) is 3. The van der Waals surface area contributed by atoms with Gasteiger partial charge in [0.25, 0.3) is 0 Å². The highest BCUT2D eigenvalue weighted by Crippen LogP contribution is 2.17. The molecule has 0 unspecified atom stereocenters. The van der Waals surface area contributed by atoms with Gasteiger partial charge in [0.05, 0.1) is 5.75 Å². The van der Waals surface area contributed by atoms with Crippen molar-refractivity contribution in [1.29, 1.82) is 0 Å². The van der Waals surface area contributed by atoms with Crippen molar-refractivity contribution in [2.24, 2.45) is 0 Å². The number of fused-ring (bicyclic) bond motifs is 1. The Labute approximate surface area is 163 Å². The van der Waals surface area contributed by atoms with Crippen molar-refractivity contribution in [2.75, 3.05) is 23.9 Å². The van der Waals surface area contributed by atoms with Gasteiger partial charge >= 0.3 is 5.69 Å². The van der Waals surface area contributed by atoms with Crippen LogP contribution in [0.5, 0.6) is 5.75 Å². The van der Waals surface area contributed by atoms with Crippen molar-refractivity contribution < 1.29 is 17.9 Å². The molecule has 0 aliphatic carbocycles. The smallest absolute Gasteiger partial charge is 0.346 e. The number of carbonyl (C=O) groups excluding carboxylic acids is 1. The first-order chi connectivity index (χ1) is 13.3. The van der Waals surface area contributed by atoms with Crippen LogP contribution in [0.2, 0.25) is 0 Å². The van der Waals surface area contributed by atoms with Crippen molar-refractivity contribution >= 4 is 21.4 Å². The summed E-state index contributed by atoms with van der Waals surface area (Å²) in [6, 6.07) is 6.66.